The largest absolute Gasteiger partial charge is 0.386 e. The van der Waals surface area contributed by atoms with Gasteiger partial charge in [0.25, 0.3) is 0 Å². The first-order valence-electron chi connectivity index (χ1n) is 2.81. The van der Waals surface area contributed by atoms with E-state index in [2.05, 4.69) is 6.58 Å². The summed E-state index contributed by atoms with van der Waals surface area (Å²) in [7, 11) is 0. The molecule has 1 atom stereocenters. The average Bonchev–Trinajstić information content (AvgIpc) is 1.89. The maximum absolute atomic E-state index is 9.89. The number of hydrogen-bond donors (Lipinski definition) is 1. The number of aliphatic hydroxyl groups is 1. The molecule has 0 aromatic rings. The summed E-state index contributed by atoms with van der Waals surface area (Å²) in [6.45, 7) is 5.91. The van der Waals surface area contributed by atoms with E-state index in [1.165, 1.54) is 19.9 Å². The number of aliphatic hydroxyl groups excluding tert-OH is 1. The molecule has 3 heteroatoms. The first-order valence-corrected chi connectivity index (χ1v) is 2.81. The van der Waals surface area contributed by atoms with Crippen LogP contribution in [0.25, 0.3) is 0 Å². The summed E-state index contributed by atoms with van der Waals surface area (Å²) in [6, 6.07) is 0. The number of aldehydes is 1. The number of carbonyl (C=O) groups is 2. The number of ketones is 1. The van der Waals surface area contributed by atoms with Crippen molar-refractivity contribution in [2.45, 2.75) is 20.0 Å². The van der Waals surface area contributed by atoms with E-state index in [1.54, 1.807) is 0 Å². The van der Waals surface area contributed by atoms with Gasteiger partial charge in [0.05, 0.1) is 0 Å². The van der Waals surface area contributed by atoms with E-state index in [-0.39, 0.29) is 5.78 Å². The molecule has 0 saturated carbocycles. The molecule has 0 rings (SSSR count). The first kappa shape index (κ1) is 11.8. The van der Waals surface area contributed by atoms with E-state index < -0.39 is 6.10 Å². The Bertz CT molecular complexity index is 110. The lowest BCUT2D eigenvalue weighted by Gasteiger charge is -1.90. The van der Waals surface area contributed by atoms with Crippen molar-refractivity contribution in [3.8, 4) is 0 Å². The average molecular weight is 144 g/mol. The fraction of sp³-hybridized carbons (Fsp3) is 0.429. The van der Waals surface area contributed by atoms with Crippen LogP contribution in [0.1, 0.15) is 13.8 Å². The first-order chi connectivity index (χ1) is 4.56. The highest BCUT2D eigenvalue weighted by atomic mass is 16.3. The normalized spacial score (nSPS) is 10.3. The third-order valence-corrected chi connectivity index (χ3v) is 0.685. The minimum absolute atomic E-state index is 0.185. The smallest absolute Gasteiger partial charge is 0.157 e. The van der Waals surface area contributed by atoms with E-state index >= 15 is 0 Å². The zero-order valence-corrected chi connectivity index (χ0v) is 6.20. The summed E-state index contributed by atoms with van der Waals surface area (Å²) in [5.74, 6) is -0.185. The molecule has 0 saturated heterocycles. The predicted octanol–water partition coefficient (Wildman–Crippen LogP) is 0.327. The molecular formula is C7H12O3. The molecule has 0 heterocycles. The Hall–Kier alpha value is -0.960. The molecule has 0 aliphatic carbocycles. The van der Waals surface area contributed by atoms with E-state index in [4.69, 9.17) is 9.90 Å². The lowest BCUT2D eigenvalue weighted by atomic mass is 10.3. The minimum Gasteiger partial charge on any atom is -0.386 e. The molecule has 0 aromatic carbocycles. The Morgan fingerprint density at radius 1 is 1.70 bits per heavy atom. The van der Waals surface area contributed by atoms with Crippen molar-refractivity contribution >= 4 is 12.1 Å². The quantitative estimate of drug-likeness (QED) is 0.448. The van der Waals surface area contributed by atoms with Gasteiger partial charge < -0.3 is 5.11 Å². The number of hydrogen-bond acceptors (Lipinski definition) is 3. The van der Waals surface area contributed by atoms with Crippen LogP contribution in [0.15, 0.2) is 12.7 Å². The summed E-state index contributed by atoms with van der Waals surface area (Å²) >= 11 is 0. The molecule has 0 radical (unpaired) electrons. The molecule has 10 heavy (non-hydrogen) atoms. The molecule has 0 aliphatic heterocycles. The summed E-state index contributed by atoms with van der Waals surface area (Å²) in [5, 5.41) is 8.28. The monoisotopic (exact) mass is 144 g/mol. The van der Waals surface area contributed by atoms with Crippen molar-refractivity contribution in [2.75, 3.05) is 0 Å². The molecule has 0 amide bonds. The summed E-state index contributed by atoms with van der Waals surface area (Å²) in [6.07, 6.45) is 1.05. The van der Waals surface area contributed by atoms with Crippen molar-refractivity contribution in [2.24, 2.45) is 0 Å². The highest BCUT2D eigenvalue weighted by Crippen LogP contribution is 1.76. The Balaban J connectivity index is 0. The van der Waals surface area contributed by atoms with Gasteiger partial charge in [-0.3, -0.25) is 9.59 Å². The van der Waals surface area contributed by atoms with Crippen molar-refractivity contribution in [1.29, 1.82) is 0 Å². The Kier molecular flexibility index (Phi) is 9.48. The maximum Gasteiger partial charge on any atom is 0.157 e. The summed E-state index contributed by atoms with van der Waals surface area (Å²) in [4.78, 5) is 18.9. The highest BCUT2D eigenvalue weighted by Gasteiger charge is 1.97. The van der Waals surface area contributed by atoms with Crippen molar-refractivity contribution in [1.82, 2.24) is 0 Å². The number of carbonyl (C=O) groups excluding carboxylic acids is 2. The van der Waals surface area contributed by atoms with Crippen LogP contribution < -0.4 is 0 Å². The van der Waals surface area contributed by atoms with Crippen molar-refractivity contribution in [3.05, 3.63) is 12.7 Å². The molecule has 1 N–H and O–H groups in total. The molecule has 58 valence electrons. The van der Waals surface area contributed by atoms with Crippen LogP contribution in [0, 0.1) is 0 Å². The van der Waals surface area contributed by atoms with Crippen LogP contribution in [0.4, 0.5) is 0 Å². The molecule has 3 nitrogen and oxygen atoms in total. The van der Waals surface area contributed by atoms with Crippen LogP contribution in [-0.4, -0.2) is 23.3 Å². The molecule has 1 unspecified atom stereocenters. The van der Waals surface area contributed by atoms with E-state index in [9.17, 15) is 4.79 Å². The third-order valence-electron chi connectivity index (χ3n) is 0.685. The fourth-order valence-electron chi connectivity index (χ4n) is 0. The number of allylic oxidation sites excluding steroid dienone is 1. The summed E-state index contributed by atoms with van der Waals surface area (Å²) < 4.78 is 0. The van der Waals surface area contributed by atoms with Crippen LogP contribution >= 0.6 is 0 Å². The predicted molar refractivity (Wildman–Crippen MR) is 38.6 cm³/mol. The van der Waals surface area contributed by atoms with E-state index in [0.29, 0.717) is 6.29 Å². The number of Topliss-reactive ketones (excluding diaryl/α,β-unsaturated/α-hetero) is 1. The molecule has 0 aromatic heterocycles. The second-order valence-corrected chi connectivity index (χ2v) is 1.66. The van der Waals surface area contributed by atoms with Crippen molar-refractivity contribution < 1.29 is 14.7 Å². The maximum atomic E-state index is 9.89. The molecule has 0 aliphatic rings. The van der Waals surface area contributed by atoms with Gasteiger partial charge in [-0.2, -0.15) is 0 Å². The van der Waals surface area contributed by atoms with Gasteiger partial charge in [0.15, 0.2) is 5.78 Å². The SMILES string of the molecule is C=CC=O.CC(=O)C(C)O. The molecule has 0 bridgehead atoms. The Morgan fingerprint density at radius 2 is 1.90 bits per heavy atom. The third kappa shape index (κ3) is 15.7. The summed E-state index contributed by atoms with van der Waals surface area (Å²) in [5.41, 5.74) is 0. The Labute approximate surface area is 60.4 Å². The van der Waals surface area contributed by atoms with Gasteiger partial charge in [0.2, 0.25) is 0 Å². The van der Waals surface area contributed by atoms with Gasteiger partial charge in [-0.15, -0.1) is 0 Å². The molecule has 0 fully saturated rings. The van der Waals surface area contributed by atoms with Gasteiger partial charge in [-0.05, 0) is 19.9 Å². The van der Waals surface area contributed by atoms with Crippen LogP contribution in [0.5, 0.6) is 0 Å². The van der Waals surface area contributed by atoms with Gasteiger partial charge in [0, 0.05) is 0 Å². The standard InChI is InChI=1S/C4H8O2.C3H4O/c1-3(5)4(2)6;1-2-3-4/h3,5H,1-2H3;2-3H,1H2. The highest BCUT2D eigenvalue weighted by molar-refractivity contribution is 5.79. The van der Waals surface area contributed by atoms with E-state index in [1.807, 2.05) is 0 Å². The van der Waals surface area contributed by atoms with Crippen LogP contribution in [0.3, 0.4) is 0 Å². The minimum atomic E-state index is -0.787. The molecule has 0 spiro atoms. The van der Waals surface area contributed by atoms with Gasteiger partial charge in [-0.1, -0.05) is 6.58 Å². The zero-order valence-electron chi connectivity index (χ0n) is 6.20. The van der Waals surface area contributed by atoms with Gasteiger partial charge in [0.1, 0.15) is 12.4 Å². The van der Waals surface area contributed by atoms with E-state index in [0.717, 1.165) is 0 Å². The lowest BCUT2D eigenvalue weighted by Crippen LogP contribution is -2.10. The van der Waals surface area contributed by atoms with Crippen molar-refractivity contribution in [3.63, 3.8) is 0 Å². The molecular weight excluding hydrogens is 132 g/mol. The van der Waals surface area contributed by atoms with Crippen LogP contribution in [0.2, 0.25) is 0 Å². The number of rotatable bonds is 2. The lowest BCUT2D eigenvalue weighted by molar-refractivity contribution is -0.124. The Morgan fingerprint density at radius 3 is 1.90 bits per heavy atom. The van der Waals surface area contributed by atoms with Gasteiger partial charge in [-0.25, -0.2) is 0 Å². The topological polar surface area (TPSA) is 54.4 Å². The second-order valence-electron chi connectivity index (χ2n) is 1.66. The fourth-order valence-corrected chi connectivity index (χ4v) is 0. The second kappa shape index (κ2) is 8.04. The zero-order chi connectivity index (χ0) is 8.57. The van der Waals surface area contributed by atoms with Gasteiger partial charge >= 0.3 is 0 Å². The van der Waals surface area contributed by atoms with Crippen LogP contribution in [-0.2, 0) is 9.59 Å².